The van der Waals surface area contributed by atoms with Crippen LogP contribution in [0, 0.1) is 0 Å². The molecule has 0 spiro atoms. The third kappa shape index (κ3) is 4.60. The van der Waals surface area contributed by atoms with Crippen LogP contribution < -0.4 is 14.5 Å². The summed E-state index contributed by atoms with van der Waals surface area (Å²) in [6.45, 7) is 8.03. The minimum Gasteiger partial charge on any atom is -0.492 e. The van der Waals surface area contributed by atoms with E-state index in [0.29, 0.717) is 13.0 Å². The van der Waals surface area contributed by atoms with Gasteiger partial charge in [-0.25, -0.2) is 8.42 Å². The summed E-state index contributed by atoms with van der Waals surface area (Å²) in [5.74, 6) is 1.23. The van der Waals surface area contributed by atoms with Crippen molar-refractivity contribution in [2.45, 2.75) is 32.4 Å². The number of piperazine rings is 1. The predicted molar refractivity (Wildman–Crippen MR) is 110 cm³/mol. The molecule has 2 aliphatic heterocycles. The summed E-state index contributed by atoms with van der Waals surface area (Å²) in [5, 5.41) is 0. The molecule has 0 aliphatic carbocycles. The molecule has 1 N–H and O–H groups in total. The first-order valence-electron chi connectivity index (χ1n) is 10.1. The van der Waals surface area contributed by atoms with E-state index in [1.165, 1.54) is 4.90 Å². The minimum absolute atomic E-state index is 0.0419. The van der Waals surface area contributed by atoms with Gasteiger partial charge in [0, 0.05) is 13.1 Å². The van der Waals surface area contributed by atoms with Crippen LogP contribution in [0.4, 0.5) is 5.69 Å². The van der Waals surface area contributed by atoms with E-state index >= 15 is 0 Å². The van der Waals surface area contributed by atoms with Crippen LogP contribution in [-0.4, -0.2) is 82.6 Å². The van der Waals surface area contributed by atoms with Gasteiger partial charge in [0.25, 0.3) is 5.91 Å². The van der Waals surface area contributed by atoms with E-state index in [2.05, 4.69) is 11.0 Å². The number of carbonyl (C=O) groups is 1. The fourth-order valence-electron chi connectivity index (χ4n) is 4.20. The number of nitrogens with zero attached hydrogens (tertiary/aromatic N) is 2. The number of amides is 1. The van der Waals surface area contributed by atoms with Crippen molar-refractivity contribution in [1.82, 2.24) is 4.90 Å². The molecule has 3 rings (SSSR count). The second kappa shape index (κ2) is 8.69. The molecule has 2 atom stereocenters. The second-order valence-electron chi connectivity index (χ2n) is 7.77. The lowest BCUT2D eigenvalue weighted by molar-refractivity contribution is -0.915. The molecular weight excluding hydrogens is 378 g/mol. The molecule has 0 saturated carbocycles. The molecule has 28 heavy (non-hydrogen) atoms. The fraction of sp³-hybridized carbons (Fsp3) is 0.650. The highest BCUT2D eigenvalue weighted by Crippen LogP contribution is 2.27. The van der Waals surface area contributed by atoms with E-state index in [0.717, 1.165) is 37.6 Å². The van der Waals surface area contributed by atoms with Crippen molar-refractivity contribution in [2.75, 3.05) is 56.2 Å². The monoisotopic (exact) mass is 410 g/mol. The molecule has 2 aliphatic rings. The average Bonchev–Trinajstić information content (AvgIpc) is 3.07. The Kier molecular flexibility index (Phi) is 6.50. The topological polar surface area (TPSA) is 71.4 Å². The first kappa shape index (κ1) is 20.9. The molecule has 2 heterocycles. The van der Waals surface area contributed by atoms with E-state index in [1.54, 1.807) is 11.9 Å². The molecule has 1 aromatic rings. The highest BCUT2D eigenvalue weighted by molar-refractivity contribution is 7.91. The Bertz CT molecular complexity index is 790. The van der Waals surface area contributed by atoms with Gasteiger partial charge in [0.15, 0.2) is 15.9 Å². The standard InChI is InChI=1S/C20H31N3O4S/c1-4-27-19-8-6-5-7-18(19)23-12-10-22(11-13-23)16(2)20(24)21(3)17-9-14-28(25,26)15-17/h5-8,16-17H,4,9-15H2,1-3H3/p+1/t16-,17-/m1/s1. The van der Waals surface area contributed by atoms with Gasteiger partial charge >= 0.3 is 0 Å². The molecule has 1 aromatic carbocycles. The minimum atomic E-state index is -2.99. The highest BCUT2D eigenvalue weighted by atomic mass is 32.2. The van der Waals surface area contributed by atoms with Crippen molar-refractivity contribution in [2.24, 2.45) is 0 Å². The summed E-state index contributed by atoms with van der Waals surface area (Å²) in [7, 11) is -1.24. The summed E-state index contributed by atoms with van der Waals surface area (Å²) < 4.78 is 29.2. The lowest BCUT2D eigenvalue weighted by atomic mass is 10.1. The Morgan fingerprint density at radius 1 is 1.32 bits per heavy atom. The van der Waals surface area contributed by atoms with Gasteiger partial charge in [-0.05, 0) is 32.4 Å². The SMILES string of the molecule is CCOc1ccccc1N1CC[NH+]([C@H](C)C(=O)N(C)[C@@H]2CCS(=O)(=O)C2)CC1. The van der Waals surface area contributed by atoms with Crippen LogP contribution in [0.2, 0.25) is 0 Å². The summed E-state index contributed by atoms with van der Waals surface area (Å²) in [6, 6.07) is 7.73. The van der Waals surface area contributed by atoms with Gasteiger partial charge in [0.1, 0.15) is 5.75 Å². The zero-order valence-corrected chi connectivity index (χ0v) is 17.9. The molecule has 0 radical (unpaired) electrons. The number of anilines is 1. The number of likely N-dealkylation sites (N-methyl/N-ethyl adjacent to an activating group) is 1. The van der Waals surface area contributed by atoms with Crippen LogP contribution in [-0.2, 0) is 14.6 Å². The molecule has 156 valence electrons. The number of hydrogen-bond donors (Lipinski definition) is 1. The smallest absolute Gasteiger partial charge is 0.280 e. The van der Waals surface area contributed by atoms with Gasteiger partial charge in [-0.2, -0.15) is 0 Å². The van der Waals surface area contributed by atoms with Crippen LogP contribution in [0.25, 0.3) is 0 Å². The van der Waals surface area contributed by atoms with E-state index < -0.39 is 9.84 Å². The van der Waals surface area contributed by atoms with Crippen molar-refractivity contribution in [1.29, 1.82) is 0 Å². The second-order valence-corrected chi connectivity index (χ2v) is 10.0. The number of nitrogens with one attached hydrogen (secondary N) is 1. The Hall–Kier alpha value is -1.80. The maximum absolute atomic E-state index is 12.9. The van der Waals surface area contributed by atoms with Crippen LogP contribution in [0.1, 0.15) is 20.3 Å². The lowest BCUT2D eigenvalue weighted by Crippen LogP contribution is -3.19. The Morgan fingerprint density at radius 2 is 2.00 bits per heavy atom. The number of para-hydroxylation sites is 2. The number of hydrogen-bond acceptors (Lipinski definition) is 5. The first-order valence-corrected chi connectivity index (χ1v) is 11.9. The van der Waals surface area contributed by atoms with E-state index in [4.69, 9.17) is 4.74 Å². The Morgan fingerprint density at radius 3 is 2.61 bits per heavy atom. The van der Waals surface area contributed by atoms with E-state index in [-0.39, 0.29) is 29.5 Å². The summed E-state index contributed by atoms with van der Waals surface area (Å²) in [6.07, 6.45) is 0.550. The summed E-state index contributed by atoms with van der Waals surface area (Å²) >= 11 is 0. The molecule has 2 fully saturated rings. The van der Waals surface area contributed by atoms with Crippen molar-refractivity contribution in [3.63, 3.8) is 0 Å². The third-order valence-electron chi connectivity index (χ3n) is 6.00. The molecule has 8 heteroatoms. The maximum Gasteiger partial charge on any atom is 0.280 e. The quantitative estimate of drug-likeness (QED) is 0.705. The lowest BCUT2D eigenvalue weighted by Gasteiger charge is -2.38. The van der Waals surface area contributed by atoms with Crippen LogP contribution >= 0.6 is 0 Å². The number of sulfone groups is 1. The van der Waals surface area contributed by atoms with Gasteiger partial charge in [-0.1, -0.05) is 12.1 Å². The number of carbonyl (C=O) groups excluding carboxylic acids is 1. The fourth-order valence-corrected chi connectivity index (χ4v) is 5.98. The van der Waals surface area contributed by atoms with Gasteiger partial charge in [0.2, 0.25) is 0 Å². The molecule has 0 bridgehead atoms. The molecule has 7 nitrogen and oxygen atoms in total. The van der Waals surface area contributed by atoms with Gasteiger partial charge in [-0.3, -0.25) is 4.79 Å². The number of quaternary nitrogens is 1. The number of ether oxygens (including phenoxy) is 1. The average molecular weight is 411 g/mol. The normalized spacial score (nSPS) is 23.4. The van der Waals surface area contributed by atoms with Gasteiger partial charge < -0.3 is 19.4 Å². The van der Waals surface area contributed by atoms with Gasteiger partial charge in [-0.15, -0.1) is 0 Å². The number of benzene rings is 1. The predicted octanol–water partition coefficient (Wildman–Crippen LogP) is -0.176. The summed E-state index contributed by atoms with van der Waals surface area (Å²) in [5.41, 5.74) is 1.11. The molecule has 1 amide bonds. The first-order chi connectivity index (χ1) is 13.3. The highest BCUT2D eigenvalue weighted by Gasteiger charge is 2.37. The van der Waals surface area contributed by atoms with Crippen molar-refractivity contribution in [3.8, 4) is 5.75 Å². The molecule has 2 saturated heterocycles. The maximum atomic E-state index is 12.9. The summed E-state index contributed by atoms with van der Waals surface area (Å²) in [4.78, 5) is 18.1. The third-order valence-corrected chi connectivity index (χ3v) is 7.75. The van der Waals surface area contributed by atoms with Crippen molar-refractivity contribution < 1.29 is 22.8 Å². The van der Waals surface area contributed by atoms with Crippen LogP contribution in [0.15, 0.2) is 24.3 Å². The Labute approximate surface area is 168 Å². The largest absolute Gasteiger partial charge is 0.492 e. The zero-order chi connectivity index (χ0) is 20.3. The molecular formula is C20H32N3O4S+. The van der Waals surface area contributed by atoms with Crippen molar-refractivity contribution in [3.05, 3.63) is 24.3 Å². The Balaban J connectivity index is 1.58. The molecule has 0 aromatic heterocycles. The zero-order valence-electron chi connectivity index (χ0n) is 17.1. The van der Waals surface area contributed by atoms with Gasteiger partial charge in [0.05, 0.1) is 50.0 Å². The van der Waals surface area contributed by atoms with Crippen molar-refractivity contribution >= 4 is 21.4 Å². The van der Waals surface area contributed by atoms with Crippen LogP contribution in [0.3, 0.4) is 0 Å². The molecule has 0 unspecified atom stereocenters. The van der Waals surface area contributed by atoms with Crippen LogP contribution in [0.5, 0.6) is 5.75 Å². The van der Waals surface area contributed by atoms with E-state index in [9.17, 15) is 13.2 Å². The van der Waals surface area contributed by atoms with E-state index in [1.807, 2.05) is 32.0 Å². The number of rotatable bonds is 6.